The van der Waals surface area contributed by atoms with Crippen molar-refractivity contribution < 1.29 is 4.79 Å². The average molecular weight is 505 g/mol. The average Bonchev–Trinajstić information content (AvgIpc) is 3.38. The summed E-state index contributed by atoms with van der Waals surface area (Å²) in [5, 5.41) is 9.72. The number of carbonyl (C=O) groups excluding carboxylic acids is 1. The Morgan fingerprint density at radius 2 is 1.79 bits per heavy atom. The van der Waals surface area contributed by atoms with Gasteiger partial charge in [0.15, 0.2) is 17.3 Å². The minimum atomic E-state index is -0.390. The predicted molar refractivity (Wildman–Crippen MR) is 129 cm³/mol. The lowest BCUT2D eigenvalue weighted by molar-refractivity contribution is 0.0971. The van der Waals surface area contributed by atoms with Crippen LogP contribution in [-0.2, 0) is 19.5 Å². The van der Waals surface area contributed by atoms with Crippen molar-refractivity contribution in [3.63, 3.8) is 0 Å². The second-order valence-electron chi connectivity index (χ2n) is 7.98. The lowest BCUT2D eigenvalue weighted by atomic mass is 10.1. The smallest absolute Gasteiger partial charge is 0.292 e. The van der Waals surface area contributed by atoms with Crippen molar-refractivity contribution in [3.05, 3.63) is 92.3 Å². The zero-order valence-corrected chi connectivity index (χ0v) is 19.8. The molecular weight excluding hydrogens is 484 g/mol. The summed E-state index contributed by atoms with van der Waals surface area (Å²) >= 11 is 3.38. The number of hydrogen-bond acceptors (Lipinski definition) is 5. The maximum absolute atomic E-state index is 13.4. The van der Waals surface area contributed by atoms with Gasteiger partial charge < -0.3 is 0 Å². The van der Waals surface area contributed by atoms with Gasteiger partial charge in [0, 0.05) is 34.1 Å². The van der Waals surface area contributed by atoms with Crippen LogP contribution in [0.5, 0.6) is 0 Å². The maximum Gasteiger partial charge on any atom is 0.351 e. The zero-order valence-electron chi connectivity index (χ0n) is 18.2. The zero-order chi connectivity index (χ0) is 23.1. The van der Waals surface area contributed by atoms with Gasteiger partial charge in [0.05, 0.1) is 17.8 Å². The monoisotopic (exact) mass is 504 g/mol. The fourth-order valence-electron chi connectivity index (χ4n) is 4.01. The number of halogens is 1. The van der Waals surface area contributed by atoms with Crippen LogP contribution in [0.4, 0.5) is 0 Å². The molecule has 0 bridgehead atoms. The fourth-order valence-corrected chi connectivity index (χ4v) is 4.28. The second-order valence-corrected chi connectivity index (χ2v) is 8.90. The first-order valence-electron chi connectivity index (χ1n) is 10.6. The third-order valence-electron chi connectivity index (χ3n) is 5.62. The number of hydrogen-bond donors (Lipinski definition) is 0. The summed E-state index contributed by atoms with van der Waals surface area (Å²) in [6.45, 7) is 4.49. The lowest BCUT2D eigenvalue weighted by Gasteiger charge is -2.10. The van der Waals surface area contributed by atoms with Gasteiger partial charge >= 0.3 is 5.69 Å². The molecule has 0 fully saturated rings. The Labute approximate surface area is 197 Å². The molecule has 0 atom stereocenters. The second kappa shape index (κ2) is 8.40. The van der Waals surface area contributed by atoms with Gasteiger partial charge in [-0.1, -0.05) is 40.2 Å². The Morgan fingerprint density at radius 3 is 2.52 bits per heavy atom. The topological polar surface area (TPSA) is 87.1 Å². The first-order valence-corrected chi connectivity index (χ1v) is 11.4. The highest BCUT2D eigenvalue weighted by molar-refractivity contribution is 9.10. The molecule has 5 rings (SSSR count). The molecule has 0 N–H and O–H groups in total. The first-order chi connectivity index (χ1) is 15.9. The number of carbonyl (C=O) groups is 1. The summed E-state index contributed by atoms with van der Waals surface area (Å²) in [5.41, 5.74) is 3.32. The molecule has 166 valence electrons. The molecule has 8 nitrogen and oxygen atoms in total. The summed E-state index contributed by atoms with van der Waals surface area (Å²) in [4.78, 5) is 30.9. The van der Waals surface area contributed by atoms with Crippen molar-refractivity contribution in [2.75, 3.05) is 0 Å². The van der Waals surface area contributed by atoms with Crippen molar-refractivity contribution in [2.24, 2.45) is 0 Å². The van der Waals surface area contributed by atoms with Crippen molar-refractivity contribution in [1.29, 1.82) is 0 Å². The highest BCUT2D eigenvalue weighted by Gasteiger charge is 2.17. The van der Waals surface area contributed by atoms with E-state index in [-0.39, 0.29) is 18.0 Å². The van der Waals surface area contributed by atoms with Gasteiger partial charge in [-0.25, -0.2) is 9.78 Å². The van der Waals surface area contributed by atoms with Crippen molar-refractivity contribution in [3.8, 4) is 0 Å². The molecule has 3 heterocycles. The number of ketones is 1. The van der Waals surface area contributed by atoms with E-state index in [9.17, 15) is 9.59 Å². The molecule has 0 saturated carbocycles. The number of aromatic nitrogens is 6. The van der Waals surface area contributed by atoms with E-state index in [4.69, 9.17) is 0 Å². The van der Waals surface area contributed by atoms with E-state index < -0.39 is 0 Å². The van der Waals surface area contributed by atoms with E-state index in [2.05, 4.69) is 31.1 Å². The molecule has 0 unspecified atom stereocenters. The molecule has 33 heavy (non-hydrogen) atoms. The molecule has 0 amide bonds. The molecule has 0 saturated heterocycles. The van der Waals surface area contributed by atoms with Crippen LogP contribution in [0.15, 0.2) is 63.9 Å². The minimum Gasteiger partial charge on any atom is -0.292 e. The summed E-state index contributed by atoms with van der Waals surface area (Å²) in [6.07, 6.45) is 0.537. The quantitative estimate of drug-likeness (QED) is 0.328. The molecule has 0 radical (unpaired) electrons. The highest BCUT2D eigenvalue weighted by Crippen LogP contribution is 2.18. The predicted octanol–water partition coefficient (Wildman–Crippen LogP) is 3.75. The van der Waals surface area contributed by atoms with E-state index in [0.29, 0.717) is 35.5 Å². The third kappa shape index (κ3) is 4.00. The van der Waals surface area contributed by atoms with Crippen LogP contribution in [-0.4, -0.2) is 34.7 Å². The van der Waals surface area contributed by atoms with Crippen LogP contribution >= 0.6 is 15.9 Å². The van der Waals surface area contributed by atoms with Crippen LogP contribution in [0.3, 0.4) is 0 Å². The third-order valence-corrected chi connectivity index (χ3v) is 6.15. The molecule has 0 aliphatic carbocycles. The summed E-state index contributed by atoms with van der Waals surface area (Å²) in [7, 11) is 0. The van der Waals surface area contributed by atoms with Crippen molar-refractivity contribution >= 4 is 38.3 Å². The summed E-state index contributed by atoms with van der Waals surface area (Å²) in [5.74, 6) is 0.403. The number of para-hydroxylation sites is 1. The maximum atomic E-state index is 13.4. The van der Waals surface area contributed by atoms with Crippen molar-refractivity contribution in [1.82, 2.24) is 28.9 Å². The highest BCUT2D eigenvalue weighted by atomic mass is 79.9. The standard InChI is InChI=1S/C24H21BrN6O2/c1-15-13-16(2)30(27-15)12-11-22-26-23-19-5-3-4-6-20(19)29(24(33)31(23)28-22)14-21(32)17-7-9-18(25)10-8-17/h3-10,13H,11-12,14H2,1-2H3. The minimum absolute atomic E-state index is 0.0854. The lowest BCUT2D eigenvalue weighted by Crippen LogP contribution is -2.30. The molecule has 3 aromatic heterocycles. The summed E-state index contributed by atoms with van der Waals surface area (Å²) < 4.78 is 5.56. The molecule has 0 aliphatic rings. The van der Waals surface area contributed by atoms with Crippen LogP contribution in [0.1, 0.15) is 27.6 Å². The number of fused-ring (bicyclic) bond motifs is 3. The number of aryl methyl sites for hydroxylation is 4. The van der Waals surface area contributed by atoms with E-state index >= 15 is 0 Å². The van der Waals surface area contributed by atoms with Crippen LogP contribution < -0.4 is 5.69 Å². The van der Waals surface area contributed by atoms with Crippen LogP contribution in [0.2, 0.25) is 0 Å². The Morgan fingerprint density at radius 1 is 1.03 bits per heavy atom. The number of rotatable bonds is 6. The fraction of sp³-hybridized carbons (Fsp3) is 0.208. The normalized spacial score (nSPS) is 11.5. The van der Waals surface area contributed by atoms with Crippen molar-refractivity contribution in [2.45, 2.75) is 33.4 Å². The SMILES string of the molecule is Cc1cc(C)n(CCc2nc3c4ccccc4n(CC(=O)c4ccc(Br)cc4)c(=O)n3n2)n1. The number of benzene rings is 2. The molecule has 0 aliphatic heterocycles. The van der Waals surface area contributed by atoms with Crippen LogP contribution in [0, 0.1) is 13.8 Å². The van der Waals surface area contributed by atoms with E-state index in [0.717, 1.165) is 21.2 Å². The van der Waals surface area contributed by atoms with Gasteiger partial charge in [-0.15, -0.1) is 5.10 Å². The molecular formula is C24H21BrN6O2. The van der Waals surface area contributed by atoms with Gasteiger partial charge in [0.1, 0.15) is 0 Å². The number of Topliss-reactive ketones (excluding diaryl/α,β-unsaturated/α-hetero) is 1. The van der Waals surface area contributed by atoms with E-state index in [1.807, 2.05) is 61.0 Å². The molecule has 5 aromatic rings. The van der Waals surface area contributed by atoms with E-state index in [1.54, 1.807) is 12.1 Å². The van der Waals surface area contributed by atoms with Gasteiger partial charge in [-0.05, 0) is 44.2 Å². The molecule has 9 heteroatoms. The Hall–Kier alpha value is -3.59. The molecule has 0 spiro atoms. The van der Waals surface area contributed by atoms with E-state index in [1.165, 1.54) is 9.08 Å². The number of nitrogens with zero attached hydrogens (tertiary/aromatic N) is 6. The van der Waals surface area contributed by atoms with Crippen LogP contribution in [0.25, 0.3) is 16.6 Å². The summed E-state index contributed by atoms with van der Waals surface area (Å²) in [6, 6.07) is 16.6. The van der Waals surface area contributed by atoms with Gasteiger partial charge in [-0.2, -0.15) is 9.61 Å². The molecule has 2 aromatic carbocycles. The van der Waals surface area contributed by atoms with Gasteiger partial charge in [0.25, 0.3) is 0 Å². The van der Waals surface area contributed by atoms with Gasteiger partial charge in [-0.3, -0.25) is 14.0 Å². The Bertz CT molecular complexity index is 1560. The van der Waals surface area contributed by atoms with Gasteiger partial charge in [0.2, 0.25) is 0 Å². The first kappa shape index (κ1) is 21.3. The largest absolute Gasteiger partial charge is 0.351 e. The Kier molecular flexibility index (Phi) is 5.41. The Balaban J connectivity index is 1.54.